The average Bonchev–Trinajstić information content (AvgIpc) is 2.70. The number of nitrogens with zero attached hydrogens (tertiary/aromatic N) is 1. The number of hydrogen-bond donors (Lipinski definition) is 1. The molecule has 1 aromatic rings. The molecule has 0 aliphatic heterocycles. The fourth-order valence-corrected chi connectivity index (χ4v) is 1.91. The molecule has 0 aromatic carbocycles. The lowest BCUT2D eigenvalue weighted by molar-refractivity contribution is 0.443. The van der Waals surface area contributed by atoms with Gasteiger partial charge < -0.3 is 9.73 Å². The Morgan fingerprint density at radius 3 is 2.82 bits per heavy atom. The fourth-order valence-electron chi connectivity index (χ4n) is 1.38. The van der Waals surface area contributed by atoms with E-state index in [1.807, 2.05) is 0 Å². The summed E-state index contributed by atoms with van der Waals surface area (Å²) < 4.78 is 28.1. The van der Waals surface area contributed by atoms with Gasteiger partial charge in [-0.3, -0.25) is 0 Å². The van der Waals surface area contributed by atoms with Gasteiger partial charge in [-0.2, -0.15) is 0 Å². The van der Waals surface area contributed by atoms with Crippen molar-refractivity contribution >= 4 is 9.84 Å². The van der Waals surface area contributed by atoms with Crippen LogP contribution < -0.4 is 5.32 Å². The molecule has 1 rings (SSSR count). The molecule has 0 radical (unpaired) electrons. The molecule has 1 unspecified atom stereocenters. The number of oxazole rings is 1. The molecule has 98 valence electrons. The maximum atomic E-state index is 11.3. The molecule has 1 heterocycles. The summed E-state index contributed by atoms with van der Waals surface area (Å²) in [6.45, 7) is 5.52. The second-order valence-electron chi connectivity index (χ2n) is 4.09. The highest BCUT2D eigenvalue weighted by atomic mass is 32.2. The van der Waals surface area contributed by atoms with Crippen LogP contribution in [0, 0.1) is 0 Å². The molecule has 1 N–H and O–H groups in total. The summed E-state index contributed by atoms with van der Waals surface area (Å²) in [5, 5.41) is 2.58. The van der Waals surface area contributed by atoms with Gasteiger partial charge in [0.2, 0.25) is 0 Å². The third kappa shape index (κ3) is 4.47. The zero-order chi connectivity index (χ0) is 12.9. The summed E-state index contributed by atoms with van der Waals surface area (Å²) >= 11 is 0. The van der Waals surface area contributed by atoms with E-state index in [1.54, 1.807) is 6.92 Å². The number of aryl methyl sites for hydroxylation is 1. The van der Waals surface area contributed by atoms with Crippen molar-refractivity contribution in [2.75, 3.05) is 19.3 Å². The fraction of sp³-hybridized carbons (Fsp3) is 0.727. The van der Waals surface area contributed by atoms with E-state index in [9.17, 15) is 8.42 Å². The van der Waals surface area contributed by atoms with Crippen LogP contribution in [0.3, 0.4) is 0 Å². The van der Waals surface area contributed by atoms with Crippen LogP contribution in [0.25, 0.3) is 0 Å². The van der Waals surface area contributed by atoms with Crippen molar-refractivity contribution in [1.29, 1.82) is 0 Å². The minimum Gasteiger partial charge on any atom is -0.444 e. The number of sulfone groups is 1. The van der Waals surface area contributed by atoms with Gasteiger partial charge in [-0.15, -0.1) is 0 Å². The number of hydrogen-bond acceptors (Lipinski definition) is 5. The molecule has 0 amide bonds. The Labute approximate surface area is 103 Å². The second kappa shape index (κ2) is 6.16. The summed E-state index contributed by atoms with van der Waals surface area (Å²) in [4.78, 5) is 4.09. The zero-order valence-electron chi connectivity index (χ0n) is 10.6. The maximum absolute atomic E-state index is 11.3. The molecule has 0 aliphatic carbocycles. The first-order valence-electron chi connectivity index (χ1n) is 5.79. The van der Waals surface area contributed by atoms with E-state index in [1.165, 1.54) is 12.5 Å². The molecule has 5 nitrogen and oxygen atoms in total. The Hall–Kier alpha value is -0.880. The topological polar surface area (TPSA) is 72.2 Å². The largest absolute Gasteiger partial charge is 0.444 e. The molecule has 0 fully saturated rings. The SMILES string of the molecule is CCNCCCc1ncc(C(C)S(C)(=O)=O)o1. The van der Waals surface area contributed by atoms with Gasteiger partial charge in [0.1, 0.15) is 11.0 Å². The monoisotopic (exact) mass is 260 g/mol. The van der Waals surface area contributed by atoms with E-state index in [2.05, 4.69) is 17.2 Å². The van der Waals surface area contributed by atoms with E-state index in [-0.39, 0.29) is 0 Å². The first-order valence-corrected chi connectivity index (χ1v) is 7.74. The third-order valence-electron chi connectivity index (χ3n) is 2.61. The Bertz CT molecular complexity index is 439. The number of rotatable bonds is 7. The van der Waals surface area contributed by atoms with E-state index in [0.717, 1.165) is 25.9 Å². The highest BCUT2D eigenvalue weighted by molar-refractivity contribution is 7.90. The summed E-state index contributed by atoms with van der Waals surface area (Å²) in [6, 6.07) is 0. The van der Waals surface area contributed by atoms with Gasteiger partial charge in [0, 0.05) is 12.7 Å². The molecular formula is C11H20N2O3S. The van der Waals surface area contributed by atoms with Crippen molar-refractivity contribution in [2.45, 2.75) is 31.9 Å². The van der Waals surface area contributed by atoms with Crippen LogP contribution in [0.15, 0.2) is 10.6 Å². The molecule has 6 heteroatoms. The van der Waals surface area contributed by atoms with Crippen LogP contribution >= 0.6 is 0 Å². The maximum Gasteiger partial charge on any atom is 0.194 e. The van der Waals surface area contributed by atoms with Crippen molar-refractivity contribution < 1.29 is 12.8 Å². The van der Waals surface area contributed by atoms with E-state index in [0.29, 0.717) is 11.7 Å². The molecule has 0 spiro atoms. The Kier molecular flexibility index (Phi) is 5.14. The van der Waals surface area contributed by atoms with E-state index in [4.69, 9.17) is 4.42 Å². The average molecular weight is 260 g/mol. The first-order chi connectivity index (χ1) is 7.95. The van der Waals surface area contributed by atoms with Gasteiger partial charge in [0.25, 0.3) is 0 Å². The quantitative estimate of drug-likeness (QED) is 0.749. The molecule has 0 bridgehead atoms. The van der Waals surface area contributed by atoms with Crippen LogP contribution in [0.2, 0.25) is 0 Å². The van der Waals surface area contributed by atoms with Gasteiger partial charge in [-0.1, -0.05) is 6.92 Å². The standard InChI is InChI=1S/C11H20N2O3S/c1-4-12-7-5-6-11-13-8-10(16-11)9(2)17(3,14)15/h8-9,12H,4-7H2,1-3H3. The van der Waals surface area contributed by atoms with Crippen LogP contribution in [-0.2, 0) is 16.3 Å². The molecule has 1 atom stereocenters. The summed E-state index contributed by atoms with van der Waals surface area (Å²) in [7, 11) is -3.12. The van der Waals surface area contributed by atoms with Crippen LogP contribution in [-0.4, -0.2) is 32.7 Å². The van der Waals surface area contributed by atoms with Crippen molar-refractivity contribution in [3.8, 4) is 0 Å². The molecule has 0 saturated heterocycles. The summed E-state index contributed by atoms with van der Waals surface area (Å²) in [6.07, 6.45) is 4.36. The minimum atomic E-state index is -3.12. The lowest BCUT2D eigenvalue weighted by Gasteiger charge is -2.04. The van der Waals surface area contributed by atoms with Crippen molar-refractivity contribution in [3.63, 3.8) is 0 Å². The lowest BCUT2D eigenvalue weighted by atomic mass is 10.3. The van der Waals surface area contributed by atoms with Crippen LogP contribution in [0.5, 0.6) is 0 Å². The van der Waals surface area contributed by atoms with Crippen molar-refractivity contribution in [1.82, 2.24) is 10.3 Å². The lowest BCUT2D eigenvalue weighted by Crippen LogP contribution is -2.14. The van der Waals surface area contributed by atoms with Crippen molar-refractivity contribution in [2.24, 2.45) is 0 Å². The Morgan fingerprint density at radius 1 is 1.53 bits per heavy atom. The second-order valence-corrected chi connectivity index (χ2v) is 6.45. The van der Waals surface area contributed by atoms with Crippen molar-refractivity contribution in [3.05, 3.63) is 17.8 Å². The zero-order valence-corrected chi connectivity index (χ0v) is 11.4. The predicted molar refractivity (Wildman–Crippen MR) is 66.6 cm³/mol. The van der Waals surface area contributed by atoms with E-state index < -0.39 is 15.1 Å². The van der Waals surface area contributed by atoms with Crippen LogP contribution in [0.4, 0.5) is 0 Å². The molecule has 17 heavy (non-hydrogen) atoms. The summed E-state index contributed by atoms with van der Waals surface area (Å²) in [5.74, 6) is 1.03. The van der Waals surface area contributed by atoms with Gasteiger partial charge in [-0.25, -0.2) is 13.4 Å². The third-order valence-corrected chi connectivity index (χ3v) is 4.13. The van der Waals surface area contributed by atoms with Gasteiger partial charge >= 0.3 is 0 Å². The molecular weight excluding hydrogens is 240 g/mol. The predicted octanol–water partition coefficient (Wildman–Crippen LogP) is 1.32. The normalized spacial score (nSPS) is 13.8. The Morgan fingerprint density at radius 2 is 2.24 bits per heavy atom. The molecule has 0 saturated carbocycles. The highest BCUT2D eigenvalue weighted by Crippen LogP contribution is 2.21. The van der Waals surface area contributed by atoms with E-state index >= 15 is 0 Å². The molecule has 0 aliphatic rings. The van der Waals surface area contributed by atoms with Gasteiger partial charge in [0.15, 0.2) is 15.7 Å². The first kappa shape index (κ1) is 14.2. The van der Waals surface area contributed by atoms with Crippen LogP contribution in [0.1, 0.15) is 37.2 Å². The summed E-state index contributed by atoms with van der Waals surface area (Å²) in [5.41, 5.74) is 0. The number of aromatic nitrogens is 1. The smallest absolute Gasteiger partial charge is 0.194 e. The Balaban J connectivity index is 2.54. The minimum absolute atomic E-state index is 0.422. The number of nitrogens with one attached hydrogen (secondary N) is 1. The molecule has 1 aromatic heterocycles. The van der Waals surface area contributed by atoms with Gasteiger partial charge in [-0.05, 0) is 26.4 Å². The van der Waals surface area contributed by atoms with Gasteiger partial charge in [0.05, 0.1) is 6.20 Å². The highest BCUT2D eigenvalue weighted by Gasteiger charge is 2.21.